The van der Waals surface area contributed by atoms with Gasteiger partial charge in [-0.15, -0.1) is 0 Å². The molecule has 2 aromatic rings. The quantitative estimate of drug-likeness (QED) is 0.641. The molecule has 2 N–H and O–H groups in total. The Bertz CT molecular complexity index is 762. The molecule has 0 aliphatic carbocycles. The van der Waals surface area contributed by atoms with Gasteiger partial charge in [0, 0.05) is 24.6 Å². The van der Waals surface area contributed by atoms with E-state index in [0.29, 0.717) is 23.6 Å². The Balaban J connectivity index is 1.95. The van der Waals surface area contributed by atoms with E-state index in [9.17, 15) is 4.79 Å². The predicted octanol–water partition coefficient (Wildman–Crippen LogP) is 4.17. The lowest BCUT2D eigenvalue weighted by Crippen LogP contribution is -2.33. The normalized spacial score (nSPS) is 12.8. The number of nitrogens with one attached hydrogen (secondary N) is 2. The summed E-state index contributed by atoms with van der Waals surface area (Å²) in [5, 5.41) is 6.44. The average molecular weight is 386 g/mol. The van der Waals surface area contributed by atoms with Gasteiger partial charge in [0.15, 0.2) is 0 Å². The maximum atomic E-state index is 12.5. The van der Waals surface area contributed by atoms with Crippen LogP contribution in [-0.2, 0) is 4.79 Å². The number of ether oxygens (including phenoxy) is 3. The van der Waals surface area contributed by atoms with Crippen LogP contribution in [0.5, 0.6) is 17.2 Å². The summed E-state index contributed by atoms with van der Waals surface area (Å²) in [5.41, 5.74) is 1.80. The van der Waals surface area contributed by atoms with Crippen molar-refractivity contribution in [3.8, 4) is 17.2 Å². The van der Waals surface area contributed by atoms with Crippen LogP contribution in [0, 0.1) is 0 Å². The standard InChI is InChI=1S/C22H30N2O4/c1-6-19(16-7-9-17(26-3)10-8-16)23-15(2)13-22(25)24-20-12-11-18(27-4)14-21(20)28-5/h7-12,14-15,19,23H,6,13H2,1-5H3,(H,24,25). The molecule has 28 heavy (non-hydrogen) atoms. The summed E-state index contributed by atoms with van der Waals surface area (Å²) in [6.07, 6.45) is 1.27. The molecule has 0 saturated carbocycles. The van der Waals surface area contributed by atoms with Crippen LogP contribution >= 0.6 is 0 Å². The summed E-state index contributed by atoms with van der Waals surface area (Å²) in [7, 11) is 4.81. The van der Waals surface area contributed by atoms with E-state index >= 15 is 0 Å². The van der Waals surface area contributed by atoms with Crippen LogP contribution in [0.3, 0.4) is 0 Å². The van der Waals surface area contributed by atoms with Crippen molar-refractivity contribution in [2.45, 2.75) is 38.8 Å². The number of anilines is 1. The minimum absolute atomic E-state index is 0.0105. The van der Waals surface area contributed by atoms with Crippen molar-refractivity contribution < 1.29 is 19.0 Å². The Hall–Kier alpha value is -2.73. The smallest absolute Gasteiger partial charge is 0.226 e. The molecular weight excluding hydrogens is 356 g/mol. The molecule has 0 spiro atoms. The SMILES string of the molecule is CCC(NC(C)CC(=O)Nc1ccc(OC)cc1OC)c1ccc(OC)cc1. The van der Waals surface area contributed by atoms with Crippen LogP contribution in [0.2, 0.25) is 0 Å². The lowest BCUT2D eigenvalue weighted by molar-refractivity contribution is -0.116. The molecular formula is C22H30N2O4. The Morgan fingerprint density at radius 2 is 1.61 bits per heavy atom. The van der Waals surface area contributed by atoms with Crippen molar-refractivity contribution >= 4 is 11.6 Å². The van der Waals surface area contributed by atoms with Gasteiger partial charge >= 0.3 is 0 Å². The second-order valence-electron chi connectivity index (χ2n) is 6.62. The number of benzene rings is 2. The summed E-state index contributed by atoms with van der Waals surface area (Å²) in [6, 6.07) is 13.5. The van der Waals surface area contributed by atoms with Crippen LogP contribution < -0.4 is 24.8 Å². The number of amides is 1. The minimum atomic E-state index is -0.0759. The first-order valence-electron chi connectivity index (χ1n) is 9.42. The monoisotopic (exact) mass is 386 g/mol. The molecule has 1 amide bonds. The van der Waals surface area contributed by atoms with Crippen LogP contribution in [0.1, 0.15) is 38.3 Å². The van der Waals surface area contributed by atoms with Gasteiger partial charge in [0.05, 0.1) is 27.0 Å². The first kappa shape index (κ1) is 21.6. The van der Waals surface area contributed by atoms with E-state index in [1.807, 2.05) is 19.1 Å². The van der Waals surface area contributed by atoms with Gasteiger partial charge in [-0.2, -0.15) is 0 Å². The topological polar surface area (TPSA) is 68.8 Å². The number of carbonyl (C=O) groups excluding carboxylic acids is 1. The van der Waals surface area contributed by atoms with Crippen molar-refractivity contribution in [1.29, 1.82) is 0 Å². The van der Waals surface area contributed by atoms with Gasteiger partial charge in [0.2, 0.25) is 5.91 Å². The fourth-order valence-corrected chi connectivity index (χ4v) is 3.07. The van der Waals surface area contributed by atoms with Gasteiger partial charge in [0.25, 0.3) is 0 Å². The van der Waals surface area contributed by atoms with Crippen molar-refractivity contribution in [3.63, 3.8) is 0 Å². The molecule has 2 rings (SSSR count). The Morgan fingerprint density at radius 3 is 2.18 bits per heavy atom. The zero-order valence-electron chi connectivity index (χ0n) is 17.2. The zero-order valence-corrected chi connectivity index (χ0v) is 17.2. The second-order valence-corrected chi connectivity index (χ2v) is 6.62. The fraction of sp³-hybridized carbons (Fsp3) is 0.409. The lowest BCUT2D eigenvalue weighted by atomic mass is 10.0. The van der Waals surface area contributed by atoms with Gasteiger partial charge in [-0.1, -0.05) is 19.1 Å². The third kappa shape index (κ3) is 5.89. The number of carbonyl (C=O) groups is 1. The minimum Gasteiger partial charge on any atom is -0.497 e. The van der Waals surface area contributed by atoms with E-state index in [1.54, 1.807) is 39.5 Å². The lowest BCUT2D eigenvalue weighted by Gasteiger charge is -2.23. The first-order valence-corrected chi connectivity index (χ1v) is 9.42. The van der Waals surface area contributed by atoms with Crippen LogP contribution in [0.25, 0.3) is 0 Å². The third-order valence-corrected chi connectivity index (χ3v) is 4.59. The Morgan fingerprint density at radius 1 is 0.964 bits per heavy atom. The Kier molecular flexibility index (Phi) is 8.14. The van der Waals surface area contributed by atoms with E-state index in [1.165, 1.54) is 5.56 Å². The van der Waals surface area contributed by atoms with Crippen molar-refractivity contribution in [2.24, 2.45) is 0 Å². The molecule has 152 valence electrons. The molecule has 2 atom stereocenters. The molecule has 0 aliphatic rings. The molecule has 0 fully saturated rings. The Labute approximate surface area is 167 Å². The maximum Gasteiger partial charge on any atom is 0.226 e. The predicted molar refractivity (Wildman–Crippen MR) is 111 cm³/mol. The molecule has 0 aromatic heterocycles. The molecule has 0 heterocycles. The van der Waals surface area contributed by atoms with Crippen molar-refractivity contribution in [1.82, 2.24) is 5.32 Å². The third-order valence-electron chi connectivity index (χ3n) is 4.59. The molecule has 0 aliphatic heterocycles. The summed E-state index contributed by atoms with van der Waals surface area (Å²) in [6.45, 7) is 4.13. The highest BCUT2D eigenvalue weighted by atomic mass is 16.5. The highest BCUT2D eigenvalue weighted by molar-refractivity contribution is 5.92. The average Bonchev–Trinajstić information content (AvgIpc) is 2.72. The molecule has 2 aromatic carbocycles. The number of methoxy groups -OCH3 is 3. The van der Waals surface area contributed by atoms with Gasteiger partial charge in [-0.3, -0.25) is 4.79 Å². The zero-order chi connectivity index (χ0) is 20.5. The number of rotatable bonds is 10. The molecule has 0 radical (unpaired) electrons. The highest BCUT2D eigenvalue weighted by Crippen LogP contribution is 2.29. The van der Waals surface area contributed by atoms with Crippen molar-refractivity contribution in [2.75, 3.05) is 26.6 Å². The molecule has 6 heteroatoms. The molecule has 2 unspecified atom stereocenters. The van der Waals surface area contributed by atoms with Gasteiger partial charge < -0.3 is 24.8 Å². The second kappa shape index (κ2) is 10.6. The molecule has 0 saturated heterocycles. The summed E-state index contributed by atoms with van der Waals surface area (Å²) in [5.74, 6) is 2.00. The number of hydrogen-bond donors (Lipinski definition) is 2. The van der Waals surface area contributed by atoms with E-state index < -0.39 is 0 Å². The first-order chi connectivity index (χ1) is 13.5. The van der Waals surface area contributed by atoms with E-state index in [2.05, 4.69) is 29.7 Å². The van der Waals surface area contributed by atoms with E-state index in [4.69, 9.17) is 14.2 Å². The highest BCUT2D eigenvalue weighted by Gasteiger charge is 2.16. The van der Waals surface area contributed by atoms with E-state index in [0.717, 1.165) is 12.2 Å². The van der Waals surface area contributed by atoms with Gasteiger partial charge in [-0.05, 0) is 43.2 Å². The van der Waals surface area contributed by atoms with Crippen LogP contribution in [0.4, 0.5) is 5.69 Å². The number of hydrogen-bond acceptors (Lipinski definition) is 5. The van der Waals surface area contributed by atoms with Crippen LogP contribution in [0.15, 0.2) is 42.5 Å². The summed E-state index contributed by atoms with van der Waals surface area (Å²) < 4.78 is 15.7. The molecule has 0 bridgehead atoms. The summed E-state index contributed by atoms with van der Waals surface area (Å²) >= 11 is 0. The molecule has 6 nitrogen and oxygen atoms in total. The van der Waals surface area contributed by atoms with E-state index in [-0.39, 0.29) is 18.0 Å². The summed E-state index contributed by atoms with van der Waals surface area (Å²) in [4.78, 5) is 12.5. The van der Waals surface area contributed by atoms with Gasteiger partial charge in [0.1, 0.15) is 17.2 Å². The largest absolute Gasteiger partial charge is 0.497 e. The van der Waals surface area contributed by atoms with Crippen molar-refractivity contribution in [3.05, 3.63) is 48.0 Å². The maximum absolute atomic E-state index is 12.5. The van der Waals surface area contributed by atoms with Crippen LogP contribution in [-0.4, -0.2) is 33.3 Å². The fourth-order valence-electron chi connectivity index (χ4n) is 3.07. The van der Waals surface area contributed by atoms with Gasteiger partial charge in [-0.25, -0.2) is 0 Å².